The molecule has 5 aliphatic rings. The maximum absolute atomic E-state index is 11.4. The highest BCUT2D eigenvalue weighted by atomic mass is 16.7. The Bertz CT molecular complexity index is 463. The average molecular weight is 300 g/mol. The van der Waals surface area contributed by atoms with Gasteiger partial charge in [-0.05, 0) is 19.3 Å². The number of hydrogen-bond acceptors (Lipinski definition) is 6. The fourth-order valence-electron chi connectivity index (χ4n) is 4.89. The summed E-state index contributed by atoms with van der Waals surface area (Å²) >= 11 is 0. The van der Waals surface area contributed by atoms with Crippen LogP contribution in [0.3, 0.4) is 0 Å². The molecule has 21 heavy (non-hydrogen) atoms. The molecule has 12 heteroatoms. The second-order valence-electron chi connectivity index (χ2n) is 6.08. The van der Waals surface area contributed by atoms with Crippen LogP contribution in [0.2, 0.25) is 0 Å². The van der Waals surface area contributed by atoms with E-state index in [0.717, 1.165) is 15.0 Å². The number of hydrazine groups is 3. The first-order chi connectivity index (χ1) is 9.91. The van der Waals surface area contributed by atoms with Crippen LogP contribution in [-0.4, -0.2) is 48.6 Å². The Balaban J connectivity index is 1.90. The van der Waals surface area contributed by atoms with Crippen molar-refractivity contribution in [1.29, 1.82) is 0 Å². The molecule has 0 radical (unpaired) electrons. The van der Waals surface area contributed by atoms with Crippen molar-refractivity contribution in [1.82, 2.24) is 15.0 Å². The molecular formula is C9H12N6O6. The monoisotopic (exact) mass is 300 g/mol. The van der Waals surface area contributed by atoms with E-state index >= 15 is 0 Å². The minimum absolute atomic E-state index is 0.175. The zero-order valence-electron chi connectivity index (χ0n) is 10.7. The van der Waals surface area contributed by atoms with Gasteiger partial charge in [0.15, 0.2) is 15.1 Å². The lowest BCUT2D eigenvalue weighted by Crippen LogP contribution is -2.84. The standard InChI is InChI=1S/C9H12N6O6/c16-13(17)10-7-4-1-5-3-6(2-4)9(11(7)14(18)19)12(8(5)10)15(20)21/h4-9H,1-3H2. The van der Waals surface area contributed by atoms with Crippen LogP contribution >= 0.6 is 0 Å². The lowest BCUT2D eigenvalue weighted by Gasteiger charge is -2.62. The molecule has 0 aromatic carbocycles. The van der Waals surface area contributed by atoms with E-state index in [-0.39, 0.29) is 17.8 Å². The van der Waals surface area contributed by atoms with E-state index in [0.29, 0.717) is 19.3 Å². The van der Waals surface area contributed by atoms with Gasteiger partial charge in [-0.1, -0.05) is 15.0 Å². The molecule has 6 bridgehead atoms. The summed E-state index contributed by atoms with van der Waals surface area (Å²) in [4.78, 5) is 34.1. The minimum atomic E-state index is -0.992. The van der Waals surface area contributed by atoms with Crippen LogP contribution in [0.15, 0.2) is 0 Å². The molecule has 0 N–H and O–H groups in total. The highest BCUT2D eigenvalue weighted by molar-refractivity contribution is 5.06. The molecule has 4 heterocycles. The van der Waals surface area contributed by atoms with Crippen LogP contribution in [0.4, 0.5) is 0 Å². The van der Waals surface area contributed by atoms with Crippen molar-refractivity contribution in [2.45, 2.75) is 37.8 Å². The Kier molecular flexibility index (Phi) is 2.13. The molecular weight excluding hydrogens is 288 g/mol. The van der Waals surface area contributed by atoms with Crippen molar-refractivity contribution in [3.63, 3.8) is 0 Å². The fraction of sp³-hybridized carbons (Fsp3) is 1.00. The van der Waals surface area contributed by atoms with Crippen molar-refractivity contribution in [3.05, 3.63) is 30.3 Å². The van der Waals surface area contributed by atoms with Gasteiger partial charge >= 0.3 is 0 Å². The van der Waals surface area contributed by atoms with Crippen LogP contribution in [0.25, 0.3) is 0 Å². The largest absolute Gasteiger partial charge is 0.235 e. The van der Waals surface area contributed by atoms with Crippen molar-refractivity contribution in [2.24, 2.45) is 17.8 Å². The molecule has 12 nitrogen and oxygen atoms in total. The van der Waals surface area contributed by atoms with Crippen LogP contribution < -0.4 is 0 Å². The number of nitrogens with zero attached hydrogens (tertiary/aromatic N) is 6. The summed E-state index contributed by atoms with van der Waals surface area (Å²) in [7, 11) is 0. The van der Waals surface area contributed by atoms with Crippen LogP contribution in [0.5, 0.6) is 0 Å². The van der Waals surface area contributed by atoms with Crippen molar-refractivity contribution in [3.8, 4) is 0 Å². The van der Waals surface area contributed by atoms with Gasteiger partial charge in [0.1, 0.15) is 0 Å². The first-order valence-electron chi connectivity index (χ1n) is 6.69. The van der Waals surface area contributed by atoms with E-state index in [9.17, 15) is 30.3 Å². The minimum Gasteiger partial charge on any atom is -0.235 e. The van der Waals surface area contributed by atoms with Gasteiger partial charge in [-0.15, -0.1) is 0 Å². The third-order valence-electron chi connectivity index (χ3n) is 5.27. The summed E-state index contributed by atoms with van der Waals surface area (Å²) in [5, 5.41) is 34.2. The van der Waals surface area contributed by atoms with E-state index in [2.05, 4.69) is 0 Å². The zero-order valence-corrected chi connectivity index (χ0v) is 10.7. The molecule has 5 fully saturated rings. The van der Waals surface area contributed by atoms with E-state index in [4.69, 9.17) is 0 Å². The molecule has 4 aliphatic heterocycles. The smallest absolute Gasteiger partial charge is 0.225 e. The first-order valence-corrected chi connectivity index (χ1v) is 6.69. The Morgan fingerprint density at radius 2 is 0.857 bits per heavy atom. The van der Waals surface area contributed by atoms with E-state index < -0.39 is 33.6 Å². The van der Waals surface area contributed by atoms with Crippen molar-refractivity contribution < 1.29 is 15.1 Å². The maximum Gasteiger partial charge on any atom is 0.225 e. The predicted octanol–water partition coefficient (Wildman–Crippen LogP) is -0.481. The zero-order chi connectivity index (χ0) is 15.0. The first kappa shape index (κ1) is 12.3. The molecule has 0 atom stereocenters. The molecule has 4 saturated heterocycles. The van der Waals surface area contributed by atoms with Crippen molar-refractivity contribution in [2.75, 3.05) is 0 Å². The lowest BCUT2D eigenvalue weighted by molar-refractivity contribution is -0.828. The normalized spacial score (nSPS) is 42.6. The van der Waals surface area contributed by atoms with Gasteiger partial charge < -0.3 is 0 Å². The lowest BCUT2D eigenvalue weighted by atomic mass is 9.63. The van der Waals surface area contributed by atoms with Crippen LogP contribution in [0.1, 0.15) is 19.3 Å². The Morgan fingerprint density at radius 1 is 0.619 bits per heavy atom. The number of piperidine rings is 3. The molecule has 114 valence electrons. The summed E-state index contributed by atoms with van der Waals surface area (Å²) in [5.74, 6) is -0.525. The highest BCUT2D eigenvalue weighted by Crippen LogP contribution is 2.57. The van der Waals surface area contributed by atoms with Gasteiger partial charge in [0.05, 0.1) is 0 Å². The van der Waals surface area contributed by atoms with Gasteiger partial charge in [-0.3, -0.25) is 0 Å². The second kappa shape index (κ2) is 3.62. The topological polar surface area (TPSA) is 139 Å². The van der Waals surface area contributed by atoms with Crippen molar-refractivity contribution >= 4 is 0 Å². The second-order valence-corrected chi connectivity index (χ2v) is 6.08. The summed E-state index contributed by atoms with van der Waals surface area (Å²) < 4.78 is 0. The third kappa shape index (κ3) is 1.29. The molecule has 1 aliphatic carbocycles. The summed E-state index contributed by atoms with van der Waals surface area (Å²) in [6.45, 7) is 0. The Hall–Kier alpha value is -2.40. The van der Waals surface area contributed by atoms with Crippen LogP contribution in [0, 0.1) is 48.1 Å². The SMILES string of the molecule is O=[N+]([O-])N1C2C3CC4CC(C3)C(N2[N+](=O)[O-])N([N+](=O)[O-])C41. The maximum atomic E-state index is 11.4. The predicted molar refractivity (Wildman–Crippen MR) is 62.2 cm³/mol. The molecule has 5 rings (SSSR count). The molecule has 0 aromatic rings. The molecule has 0 aromatic heterocycles. The van der Waals surface area contributed by atoms with Gasteiger partial charge in [-0.25, -0.2) is 30.3 Å². The third-order valence-corrected chi connectivity index (χ3v) is 5.27. The van der Waals surface area contributed by atoms with E-state index in [1.807, 2.05) is 0 Å². The quantitative estimate of drug-likeness (QED) is 0.499. The molecule has 0 amide bonds. The van der Waals surface area contributed by atoms with E-state index in [1.165, 1.54) is 0 Å². The fourth-order valence-corrected chi connectivity index (χ4v) is 4.89. The van der Waals surface area contributed by atoms with E-state index in [1.54, 1.807) is 0 Å². The number of nitro groups is 3. The van der Waals surface area contributed by atoms with Crippen LogP contribution in [-0.2, 0) is 0 Å². The highest BCUT2D eigenvalue weighted by Gasteiger charge is 2.74. The summed E-state index contributed by atoms with van der Waals surface area (Å²) in [6, 6.07) is 0. The molecule has 1 saturated carbocycles. The van der Waals surface area contributed by atoms with Gasteiger partial charge in [0.2, 0.25) is 18.5 Å². The van der Waals surface area contributed by atoms with Gasteiger partial charge in [0.25, 0.3) is 0 Å². The summed E-state index contributed by atoms with van der Waals surface area (Å²) in [5.41, 5.74) is 0. The Labute approximate surface area is 117 Å². The molecule has 0 unspecified atom stereocenters. The number of hydrogen-bond donors (Lipinski definition) is 0. The Morgan fingerprint density at radius 3 is 1.05 bits per heavy atom. The summed E-state index contributed by atoms with van der Waals surface area (Å²) in [6.07, 6.45) is -1.27. The average Bonchev–Trinajstić information content (AvgIpc) is 2.40. The van der Waals surface area contributed by atoms with Gasteiger partial charge in [-0.2, -0.15) is 0 Å². The number of rotatable bonds is 3. The van der Waals surface area contributed by atoms with Gasteiger partial charge in [0, 0.05) is 17.8 Å². The molecule has 0 spiro atoms.